The first-order valence-electron chi connectivity index (χ1n) is 18.2. The first kappa shape index (κ1) is 33.8. The molecule has 0 radical (unpaired) electrons. The van der Waals surface area contributed by atoms with Crippen LogP contribution in [0, 0.1) is 35.5 Å². The number of piperidine rings is 1. The standard InChI is InChI=1S/C40H47N7O3/c1-3-37(48)47-21-20-46(25-31(47)12-16-41)39-33-15-19-45(36-9-5-8-30-7-4-6-28(2)38(30)36)26-35(33)43-40(34(39)24-42)50-32-13-17-44(18-14-32)22-23-49-27-29-10-11-29/h3-9,29,31-32H,1,10-15,17-23,25-27H2,2H3. The zero-order chi connectivity index (χ0) is 34.6. The fraction of sp³-hybridized carbons (Fsp3) is 0.500. The van der Waals surface area contributed by atoms with Gasteiger partial charge in [-0.15, -0.1) is 0 Å². The van der Waals surface area contributed by atoms with E-state index in [0.717, 1.165) is 75.1 Å². The number of nitriles is 2. The van der Waals surface area contributed by atoms with Gasteiger partial charge in [-0.2, -0.15) is 10.5 Å². The highest BCUT2D eigenvalue weighted by Crippen LogP contribution is 2.40. The van der Waals surface area contributed by atoms with Crippen molar-refractivity contribution < 1.29 is 14.3 Å². The quantitative estimate of drug-likeness (QED) is 0.196. The van der Waals surface area contributed by atoms with Crippen LogP contribution in [0.25, 0.3) is 10.8 Å². The summed E-state index contributed by atoms with van der Waals surface area (Å²) in [7, 11) is 0. The van der Waals surface area contributed by atoms with E-state index in [9.17, 15) is 15.3 Å². The highest BCUT2D eigenvalue weighted by atomic mass is 16.5. The number of anilines is 2. The lowest BCUT2D eigenvalue weighted by atomic mass is 9.95. The number of hydrogen-bond acceptors (Lipinski definition) is 9. The normalized spacial score (nSPS) is 19.9. The number of pyridine rings is 1. The van der Waals surface area contributed by atoms with Gasteiger partial charge in [0.2, 0.25) is 11.8 Å². The Morgan fingerprint density at radius 3 is 2.58 bits per heavy atom. The number of aryl methyl sites for hydroxylation is 1. The first-order chi connectivity index (χ1) is 24.5. The van der Waals surface area contributed by atoms with Gasteiger partial charge in [-0.25, -0.2) is 4.98 Å². The number of amides is 1. The Hall–Kier alpha value is -4.64. The van der Waals surface area contributed by atoms with E-state index in [0.29, 0.717) is 44.0 Å². The van der Waals surface area contributed by atoms with E-state index in [1.165, 1.54) is 40.9 Å². The topological polar surface area (TPSA) is 109 Å². The molecule has 0 N–H and O–H groups in total. The van der Waals surface area contributed by atoms with Gasteiger partial charge in [0, 0.05) is 69.1 Å². The molecular weight excluding hydrogens is 626 g/mol. The first-order valence-corrected chi connectivity index (χ1v) is 18.2. The lowest BCUT2D eigenvalue weighted by molar-refractivity contribution is -0.128. The average Bonchev–Trinajstić information content (AvgIpc) is 3.97. The van der Waals surface area contributed by atoms with Crippen molar-refractivity contribution in [3.8, 4) is 18.0 Å². The number of carbonyl (C=O) groups excluding carboxylic acids is 1. The molecule has 1 saturated carbocycles. The molecule has 3 aliphatic heterocycles. The van der Waals surface area contributed by atoms with Crippen molar-refractivity contribution >= 4 is 28.1 Å². The van der Waals surface area contributed by atoms with Gasteiger partial charge in [0.1, 0.15) is 17.7 Å². The van der Waals surface area contributed by atoms with Gasteiger partial charge in [-0.05, 0) is 68.0 Å². The summed E-state index contributed by atoms with van der Waals surface area (Å²) >= 11 is 0. The summed E-state index contributed by atoms with van der Waals surface area (Å²) < 4.78 is 12.6. The molecule has 10 nitrogen and oxygen atoms in total. The van der Waals surface area contributed by atoms with Crippen LogP contribution in [0.5, 0.6) is 5.88 Å². The molecule has 2 aromatic carbocycles. The van der Waals surface area contributed by atoms with Crippen LogP contribution in [0.15, 0.2) is 49.1 Å². The summed E-state index contributed by atoms with van der Waals surface area (Å²) in [6, 6.07) is 17.3. The van der Waals surface area contributed by atoms with Crippen molar-refractivity contribution in [3.05, 3.63) is 71.4 Å². The number of carbonyl (C=O) groups is 1. The molecule has 1 amide bonds. The number of likely N-dealkylation sites (tertiary alicyclic amines) is 1. The molecule has 1 aromatic heterocycles. The number of fused-ring (bicyclic) bond motifs is 2. The molecule has 3 fully saturated rings. The average molecular weight is 674 g/mol. The van der Waals surface area contributed by atoms with Crippen molar-refractivity contribution in [2.24, 2.45) is 5.92 Å². The molecule has 1 unspecified atom stereocenters. The number of nitrogens with zero attached hydrogens (tertiary/aromatic N) is 7. The Morgan fingerprint density at radius 2 is 1.84 bits per heavy atom. The lowest BCUT2D eigenvalue weighted by Gasteiger charge is -2.43. The number of ether oxygens (including phenoxy) is 2. The van der Waals surface area contributed by atoms with E-state index in [1.54, 1.807) is 4.90 Å². The van der Waals surface area contributed by atoms with Crippen molar-refractivity contribution in [2.75, 3.05) is 68.8 Å². The smallest absolute Gasteiger partial charge is 0.246 e. The Bertz CT molecular complexity index is 1810. The largest absolute Gasteiger partial charge is 0.473 e. The van der Waals surface area contributed by atoms with Crippen LogP contribution < -0.4 is 14.5 Å². The third-order valence-electron chi connectivity index (χ3n) is 10.8. The van der Waals surface area contributed by atoms with Crippen LogP contribution in [-0.2, 0) is 22.5 Å². The number of rotatable bonds is 11. The molecule has 7 rings (SSSR count). The van der Waals surface area contributed by atoms with Gasteiger partial charge in [0.25, 0.3) is 0 Å². The predicted molar refractivity (Wildman–Crippen MR) is 194 cm³/mol. The van der Waals surface area contributed by atoms with Crippen molar-refractivity contribution in [3.63, 3.8) is 0 Å². The maximum Gasteiger partial charge on any atom is 0.246 e. The minimum absolute atomic E-state index is 0.0436. The summed E-state index contributed by atoms with van der Waals surface area (Å²) in [5, 5.41) is 22.9. The Labute approximate surface area is 295 Å². The van der Waals surface area contributed by atoms with E-state index in [-0.39, 0.29) is 24.5 Å². The maximum absolute atomic E-state index is 12.7. The van der Waals surface area contributed by atoms with Crippen LogP contribution in [0.4, 0.5) is 11.4 Å². The van der Waals surface area contributed by atoms with Crippen molar-refractivity contribution in [1.29, 1.82) is 10.5 Å². The third-order valence-corrected chi connectivity index (χ3v) is 10.8. The van der Waals surface area contributed by atoms with E-state index >= 15 is 0 Å². The molecule has 10 heteroatoms. The second kappa shape index (κ2) is 15.1. The van der Waals surface area contributed by atoms with Gasteiger partial charge < -0.3 is 29.1 Å². The van der Waals surface area contributed by atoms with Gasteiger partial charge in [-0.1, -0.05) is 36.9 Å². The van der Waals surface area contributed by atoms with E-state index in [2.05, 4.69) is 76.7 Å². The van der Waals surface area contributed by atoms with E-state index in [4.69, 9.17) is 14.5 Å². The van der Waals surface area contributed by atoms with E-state index in [1.807, 2.05) is 0 Å². The molecule has 4 heterocycles. The summed E-state index contributed by atoms with van der Waals surface area (Å²) in [5.41, 5.74) is 5.69. The molecule has 1 atom stereocenters. The van der Waals surface area contributed by atoms with Crippen LogP contribution in [0.1, 0.15) is 54.5 Å². The minimum atomic E-state index is -0.310. The third kappa shape index (κ3) is 7.14. The Kier molecular flexibility index (Phi) is 10.2. The van der Waals surface area contributed by atoms with Crippen LogP contribution in [-0.4, -0.2) is 91.9 Å². The summed E-state index contributed by atoms with van der Waals surface area (Å²) in [5.74, 6) is 0.995. The fourth-order valence-electron chi connectivity index (χ4n) is 7.93. The Balaban J connectivity index is 1.18. The van der Waals surface area contributed by atoms with Crippen LogP contribution in [0.2, 0.25) is 0 Å². The molecule has 50 heavy (non-hydrogen) atoms. The van der Waals surface area contributed by atoms with Gasteiger partial charge in [-0.3, -0.25) is 4.79 Å². The van der Waals surface area contributed by atoms with Crippen LogP contribution in [0.3, 0.4) is 0 Å². The number of piperazine rings is 1. The van der Waals surface area contributed by atoms with Gasteiger partial charge in [0.05, 0.1) is 43.1 Å². The minimum Gasteiger partial charge on any atom is -0.473 e. The highest BCUT2D eigenvalue weighted by Gasteiger charge is 2.36. The molecule has 2 saturated heterocycles. The molecule has 260 valence electrons. The van der Waals surface area contributed by atoms with Crippen LogP contribution >= 0.6 is 0 Å². The lowest BCUT2D eigenvalue weighted by Crippen LogP contribution is -2.55. The summed E-state index contributed by atoms with van der Waals surface area (Å²) in [6.45, 7) is 13.1. The molecule has 0 bridgehead atoms. The van der Waals surface area contributed by atoms with Gasteiger partial charge in [0.15, 0.2) is 0 Å². The number of benzene rings is 2. The number of hydrogen-bond donors (Lipinski definition) is 0. The fourth-order valence-corrected chi connectivity index (χ4v) is 7.93. The number of aromatic nitrogens is 1. The maximum atomic E-state index is 12.7. The van der Waals surface area contributed by atoms with E-state index < -0.39 is 0 Å². The molecule has 0 spiro atoms. The zero-order valence-electron chi connectivity index (χ0n) is 29.1. The molecule has 4 aliphatic rings. The van der Waals surface area contributed by atoms with Crippen molar-refractivity contribution in [1.82, 2.24) is 14.8 Å². The summed E-state index contributed by atoms with van der Waals surface area (Å²) in [4.78, 5) is 26.6. The second-order valence-electron chi connectivity index (χ2n) is 14.2. The molecule has 3 aromatic rings. The van der Waals surface area contributed by atoms with Gasteiger partial charge >= 0.3 is 0 Å². The second-order valence-corrected chi connectivity index (χ2v) is 14.2. The molecular formula is C40H47N7O3. The predicted octanol–water partition coefficient (Wildman–Crippen LogP) is 5.36. The highest BCUT2D eigenvalue weighted by molar-refractivity contribution is 5.97. The monoisotopic (exact) mass is 673 g/mol. The summed E-state index contributed by atoms with van der Waals surface area (Å²) in [6.07, 6.45) is 6.51. The van der Waals surface area contributed by atoms with Crippen molar-refractivity contribution in [2.45, 2.75) is 64.1 Å². The zero-order valence-corrected chi connectivity index (χ0v) is 29.1. The SMILES string of the molecule is C=CC(=O)N1CCN(c2c(C#N)c(OC3CCN(CCOCC4CC4)CC3)nc3c2CCN(c2cccc4cccc(C)c24)C3)CC1CC#N. The Morgan fingerprint density at radius 1 is 1.04 bits per heavy atom. The molecule has 1 aliphatic carbocycles.